The van der Waals surface area contributed by atoms with Crippen LogP contribution in [0.2, 0.25) is 5.28 Å². The van der Waals surface area contributed by atoms with Gasteiger partial charge in [-0.2, -0.15) is 0 Å². The smallest absolute Gasteiger partial charge is 0.223 e. The van der Waals surface area contributed by atoms with Crippen molar-refractivity contribution in [1.82, 2.24) is 15.0 Å². The normalized spacial score (nSPS) is 10.2. The highest BCUT2D eigenvalue weighted by atomic mass is 35.5. The molecule has 2 rings (SSSR count). The molecule has 0 amide bonds. The molecule has 0 radical (unpaired) electrons. The highest BCUT2D eigenvalue weighted by Gasteiger charge is 2.09. The third-order valence-corrected chi connectivity index (χ3v) is 2.11. The second-order valence-corrected chi connectivity index (χ2v) is 3.26. The molecule has 82 valence electrons. The largest absolute Gasteiger partial charge is 0.481 e. The van der Waals surface area contributed by atoms with E-state index in [2.05, 4.69) is 15.0 Å². The van der Waals surface area contributed by atoms with Gasteiger partial charge in [0, 0.05) is 17.8 Å². The molecule has 0 saturated heterocycles. The van der Waals surface area contributed by atoms with Gasteiger partial charge in [0.05, 0.1) is 13.3 Å². The molecule has 6 heteroatoms. The van der Waals surface area contributed by atoms with E-state index in [1.54, 1.807) is 12.1 Å². The van der Waals surface area contributed by atoms with E-state index in [0.29, 0.717) is 11.4 Å². The SMILES string of the molecule is COc1cc(-c2nc(Cl)ncc2F)ccn1. The first-order valence-electron chi connectivity index (χ1n) is 4.39. The predicted octanol–water partition coefficient (Wildman–Crippen LogP) is 2.34. The Labute approximate surface area is 96.1 Å². The van der Waals surface area contributed by atoms with Crippen LogP contribution >= 0.6 is 11.6 Å². The molecular weight excluding hydrogens is 233 g/mol. The van der Waals surface area contributed by atoms with E-state index in [1.165, 1.54) is 13.3 Å². The monoisotopic (exact) mass is 239 g/mol. The second kappa shape index (κ2) is 4.40. The minimum absolute atomic E-state index is 0.00724. The van der Waals surface area contributed by atoms with Gasteiger partial charge in [0.15, 0.2) is 5.82 Å². The number of methoxy groups -OCH3 is 1. The highest BCUT2D eigenvalue weighted by molar-refractivity contribution is 6.28. The molecule has 0 unspecified atom stereocenters. The number of rotatable bonds is 2. The molecule has 0 aliphatic carbocycles. The summed E-state index contributed by atoms with van der Waals surface area (Å²) in [4.78, 5) is 11.3. The molecule has 2 aromatic heterocycles. The van der Waals surface area contributed by atoms with E-state index in [0.717, 1.165) is 6.20 Å². The number of aromatic nitrogens is 3. The summed E-state index contributed by atoms with van der Waals surface area (Å²) in [6.45, 7) is 0. The van der Waals surface area contributed by atoms with E-state index < -0.39 is 5.82 Å². The average Bonchev–Trinajstić information content (AvgIpc) is 2.32. The van der Waals surface area contributed by atoms with Crippen LogP contribution in [0, 0.1) is 5.82 Å². The van der Waals surface area contributed by atoms with Crippen molar-refractivity contribution in [3.63, 3.8) is 0 Å². The molecule has 0 saturated carbocycles. The van der Waals surface area contributed by atoms with Gasteiger partial charge in [-0.15, -0.1) is 0 Å². The van der Waals surface area contributed by atoms with E-state index in [9.17, 15) is 4.39 Å². The zero-order chi connectivity index (χ0) is 11.5. The predicted molar refractivity (Wildman–Crippen MR) is 56.8 cm³/mol. The summed E-state index contributed by atoms with van der Waals surface area (Å²) in [6.07, 6.45) is 2.53. The van der Waals surface area contributed by atoms with Crippen molar-refractivity contribution in [3.8, 4) is 17.1 Å². The summed E-state index contributed by atoms with van der Waals surface area (Å²) < 4.78 is 18.4. The molecule has 0 N–H and O–H groups in total. The van der Waals surface area contributed by atoms with Gasteiger partial charge in [0.1, 0.15) is 5.69 Å². The Balaban J connectivity index is 2.53. The van der Waals surface area contributed by atoms with Crippen LogP contribution in [0.1, 0.15) is 0 Å². The topological polar surface area (TPSA) is 47.9 Å². The molecule has 0 fully saturated rings. The lowest BCUT2D eigenvalue weighted by atomic mass is 10.2. The first-order chi connectivity index (χ1) is 7.70. The maximum Gasteiger partial charge on any atom is 0.223 e. The Morgan fingerprint density at radius 2 is 2.19 bits per heavy atom. The summed E-state index contributed by atoms with van der Waals surface area (Å²) >= 11 is 5.60. The lowest BCUT2D eigenvalue weighted by Crippen LogP contribution is -1.94. The van der Waals surface area contributed by atoms with Crippen LogP contribution < -0.4 is 4.74 Å². The Morgan fingerprint density at radius 1 is 1.38 bits per heavy atom. The van der Waals surface area contributed by atoms with Crippen LogP contribution in [0.4, 0.5) is 4.39 Å². The molecule has 0 aliphatic rings. The second-order valence-electron chi connectivity index (χ2n) is 2.92. The fraction of sp³-hybridized carbons (Fsp3) is 0.100. The van der Waals surface area contributed by atoms with Gasteiger partial charge in [-0.1, -0.05) is 0 Å². The summed E-state index contributed by atoms with van der Waals surface area (Å²) in [6, 6.07) is 3.19. The van der Waals surface area contributed by atoms with Crippen LogP contribution in [0.25, 0.3) is 11.3 Å². The number of ether oxygens (including phenoxy) is 1. The lowest BCUT2D eigenvalue weighted by Gasteiger charge is -2.04. The Morgan fingerprint density at radius 3 is 2.94 bits per heavy atom. The van der Waals surface area contributed by atoms with Crippen LogP contribution in [0.5, 0.6) is 5.88 Å². The molecule has 0 atom stereocenters. The molecule has 4 nitrogen and oxygen atoms in total. The standard InChI is InChI=1S/C10H7ClFN3O/c1-16-8-4-6(2-3-13-8)9-7(12)5-14-10(11)15-9/h2-5H,1H3. The third kappa shape index (κ3) is 2.09. The van der Waals surface area contributed by atoms with Crippen molar-refractivity contribution in [2.45, 2.75) is 0 Å². The van der Waals surface area contributed by atoms with Crippen LogP contribution in [-0.4, -0.2) is 22.1 Å². The summed E-state index contributed by atoms with van der Waals surface area (Å²) in [5.41, 5.74) is 0.661. The number of halogens is 2. The van der Waals surface area contributed by atoms with Crippen molar-refractivity contribution in [2.75, 3.05) is 7.11 Å². The Hall–Kier alpha value is -1.75. The summed E-state index contributed by atoms with van der Waals surface area (Å²) in [5, 5.41) is -0.00724. The fourth-order valence-corrected chi connectivity index (χ4v) is 1.35. The van der Waals surface area contributed by atoms with Crippen molar-refractivity contribution in [3.05, 3.63) is 35.6 Å². The number of hydrogen-bond donors (Lipinski definition) is 0. The van der Waals surface area contributed by atoms with Crippen molar-refractivity contribution in [1.29, 1.82) is 0 Å². The van der Waals surface area contributed by atoms with Crippen LogP contribution in [0.3, 0.4) is 0 Å². The van der Waals surface area contributed by atoms with E-state index >= 15 is 0 Å². The minimum atomic E-state index is -0.544. The maximum absolute atomic E-state index is 13.4. The van der Waals surface area contributed by atoms with Gasteiger partial charge in [-0.3, -0.25) is 0 Å². The molecule has 16 heavy (non-hydrogen) atoms. The molecule has 0 aromatic carbocycles. The quantitative estimate of drug-likeness (QED) is 0.755. The molecular formula is C10H7ClFN3O. The third-order valence-electron chi connectivity index (χ3n) is 1.93. The molecule has 2 heterocycles. The Kier molecular flexibility index (Phi) is 2.96. The Bertz CT molecular complexity index is 521. The number of hydrogen-bond acceptors (Lipinski definition) is 4. The van der Waals surface area contributed by atoms with Gasteiger partial charge in [0.2, 0.25) is 11.2 Å². The van der Waals surface area contributed by atoms with Crippen molar-refractivity contribution >= 4 is 11.6 Å². The zero-order valence-corrected chi connectivity index (χ0v) is 9.07. The summed E-state index contributed by atoms with van der Waals surface area (Å²) in [5.74, 6) is -0.163. The van der Waals surface area contributed by atoms with E-state index in [-0.39, 0.29) is 11.0 Å². The lowest BCUT2D eigenvalue weighted by molar-refractivity contribution is 0.398. The van der Waals surface area contributed by atoms with Gasteiger partial charge >= 0.3 is 0 Å². The highest BCUT2D eigenvalue weighted by Crippen LogP contribution is 2.23. The van der Waals surface area contributed by atoms with Gasteiger partial charge in [0.25, 0.3) is 0 Å². The van der Waals surface area contributed by atoms with E-state index in [4.69, 9.17) is 16.3 Å². The first kappa shape index (κ1) is 10.8. The van der Waals surface area contributed by atoms with Crippen LogP contribution in [0.15, 0.2) is 24.5 Å². The molecule has 2 aromatic rings. The first-order valence-corrected chi connectivity index (χ1v) is 4.77. The number of pyridine rings is 1. The average molecular weight is 240 g/mol. The van der Waals surface area contributed by atoms with Crippen molar-refractivity contribution in [2.24, 2.45) is 0 Å². The van der Waals surface area contributed by atoms with Gasteiger partial charge in [-0.05, 0) is 17.7 Å². The molecule has 0 aliphatic heterocycles. The summed E-state index contributed by atoms with van der Waals surface area (Å²) in [7, 11) is 1.48. The molecule has 0 bridgehead atoms. The fourth-order valence-electron chi connectivity index (χ4n) is 1.22. The minimum Gasteiger partial charge on any atom is -0.481 e. The van der Waals surface area contributed by atoms with Crippen LogP contribution in [-0.2, 0) is 0 Å². The molecule has 0 spiro atoms. The van der Waals surface area contributed by atoms with E-state index in [1.807, 2.05) is 0 Å². The van der Waals surface area contributed by atoms with Gasteiger partial charge in [-0.25, -0.2) is 19.3 Å². The zero-order valence-electron chi connectivity index (χ0n) is 8.32. The number of nitrogens with zero attached hydrogens (tertiary/aromatic N) is 3. The van der Waals surface area contributed by atoms with Crippen molar-refractivity contribution < 1.29 is 9.13 Å². The maximum atomic E-state index is 13.4. The van der Waals surface area contributed by atoms with Gasteiger partial charge < -0.3 is 4.74 Å².